The van der Waals surface area contributed by atoms with Crippen LogP contribution < -0.4 is 17.2 Å². The van der Waals surface area contributed by atoms with Gasteiger partial charge in [-0.25, -0.2) is 4.39 Å². The normalized spacial score (nSPS) is 10.5. The standard InChI is InChI=1S/C12H15FN4O2S/c13-11-7(2-1-3-8(11)12(16)20)4-17(5-9(14)18)6-10(15)19/h1-3H,4-6H2,(H2,14,18)(H2,15,19)(H2,16,20). The van der Waals surface area contributed by atoms with Crippen molar-refractivity contribution in [2.24, 2.45) is 17.2 Å². The molecule has 108 valence electrons. The Bertz CT molecular complexity index is 534. The zero-order valence-corrected chi connectivity index (χ0v) is 11.5. The van der Waals surface area contributed by atoms with E-state index >= 15 is 0 Å². The molecule has 6 N–H and O–H groups in total. The molecule has 0 saturated heterocycles. The van der Waals surface area contributed by atoms with Crippen molar-refractivity contribution in [3.8, 4) is 0 Å². The van der Waals surface area contributed by atoms with E-state index in [9.17, 15) is 14.0 Å². The Labute approximate surface area is 120 Å². The molecular formula is C12H15FN4O2S. The molecule has 0 fully saturated rings. The largest absolute Gasteiger partial charge is 0.389 e. The molecule has 20 heavy (non-hydrogen) atoms. The molecule has 1 aromatic rings. The van der Waals surface area contributed by atoms with E-state index in [1.165, 1.54) is 17.0 Å². The number of amides is 2. The lowest BCUT2D eigenvalue weighted by atomic mass is 10.1. The van der Waals surface area contributed by atoms with Crippen molar-refractivity contribution in [1.29, 1.82) is 0 Å². The number of nitrogens with two attached hydrogens (primary N) is 3. The summed E-state index contributed by atoms with van der Waals surface area (Å²) in [6.45, 7) is -0.423. The molecule has 0 radical (unpaired) electrons. The minimum Gasteiger partial charge on any atom is -0.389 e. The third-order valence-corrected chi connectivity index (χ3v) is 2.72. The average Bonchev–Trinajstić information content (AvgIpc) is 2.29. The summed E-state index contributed by atoms with van der Waals surface area (Å²) in [5.74, 6) is -1.87. The molecule has 1 aromatic carbocycles. The lowest BCUT2D eigenvalue weighted by Crippen LogP contribution is -2.39. The second-order valence-electron chi connectivity index (χ2n) is 4.22. The maximum Gasteiger partial charge on any atom is 0.231 e. The van der Waals surface area contributed by atoms with Gasteiger partial charge in [0.05, 0.1) is 13.1 Å². The summed E-state index contributed by atoms with van der Waals surface area (Å²) in [4.78, 5) is 23.1. The molecule has 0 atom stereocenters. The van der Waals surface area contributed by atoms with Crippen LogP contribution in [0.4, 0.5) is 4.39 Å². The summed E-state index contributed by atoms with van der Waals surface area (Å²) in [5, 5.41) is 0. The fourth-order valence-electron chi connectivity index (χ4n) is 1.74. The molecule has 0 aromatic heterocycles. The molecule has 0 unspecified atom stereocenters. The van der Waals surface area contributed by atoms with E-state index in [1.807, 2.05) is 0 Å². The van der Waals surface area contributed by atoms with Gasteiger partial charge in [-0.3, -0.25) is 14.5 Å². The van der Waals surface area contributed by atoms with Crippen molar-refractivity contribution in [3.63, 3.8) is 0 Å². The van der Waals surface area contributed by atoms with Gasteiger partial charge in [0.2, 0.25) is 11.8 Å². The van der Waals surface area contributed by atoms with E-state index in [0.717, 1.165) is 0 Å². The zero-order valence-electron chi connectivity index (χ0n) is 10.6. The van der Waals surface area contributed by atoms with Gasteiger partial charge in [-0.15, -0.1) is 0 Å². The number of benzene rings is 1. The first-order valence-electron chi connectivity index (χ1n) is 5.67. The van der Waals surface area contributed by atoms with E-state index in [0.29, 0.717) is 0 Å². The number of carbonyl (C=O) groups is 2. The molecule has 0 aliphatic rings. The van der Waals surface area contributed by atoms with Crippen molar-refractivity contribution in [2.45, 2.75) is 6.54 Å². The van der Waals surface area contributed by atoms with Crippen molar-refractivity contribution in [1.82, 2.24) is 4.90 Å². The Morgan fingerprint density at radius 3 is 2.15 bits per heavy atom. The molecule has 0 aliphatic carbocycles. The van der Waals surface area contributed by atoms with Crippen LogP contribution in [0.2, 0.25) is 0 Å². The second-order valence-corrected chi connectivity index (χ2v) is 4.66. The molecule has 0 heterocycles. The van der Waals surface area contributed by atoms with Crippen molar-refractivity contribution in [2.75, 3.05) is 13.1 Å². The Kier molecular flexibility index (Phi) is 5.53. The topological polar surface area (TPSA) is 115 Å². The lowest BCUT2D eigenvalue weighted by Gasteiger charge is -2.19. The highest BCUT2D eigenvalue weighted by atomic mass is 32.1. The first-order chi connectivity index (χ1) is 9.31. The Morgan fingerprint density at radius 2 is 1.70 bits per heavy atom. The molecule has 1 rings (SSSR count). The lowest BCUT2D eigenvalue weighted by molar-refractivity contribution is -0.122. The van der Waals surface area contributed by atoms with Crippen LogP contribution in [0.3, 0.4) is 0 Å². The van der Waals surface area contributed by atoms with E-state index in [2.05, 4.69) is 0 Å². The minimum absolute atomic E-state index is 0.00579. The molecular weight excluding hydrogens is 283 g/mol. The minimum atomic E-state index is -0.642. The van der Waals surface area contributed by atoms with Gasteiger partial charge < -0.3 is 17.2 Å². The predicted octanol–water partition coefficient (Wildman–Crippen LogP) is -0.767. The van der Waals surface area contributed by atoms with E-state index < -0.39 is 17.6 Å². The smallest absolute Gasteiger partial charge is 0.231 e. The van der Waals surface area contributed by atoms with Gasteiger partial charge in [-0.2, -0.15) is 0 Å². The van der Waals surface area contributed by atoms with Crippen LogP contribution in [0.25, 0.3) is 0 Å². The monoisotopic (exact) mass is 298 g/mol. The summed E-state index contributed by atoms with van der Waals surface area (Å²) < 4.78 is 14.1. The van der Waals surface area contributed by atoms with Crippen molar-refractivity contribution < 1.29 is 14.0 Å². The van der Waals surface area contributed by atoms with Crippen LogP contribution in [0.5, 0.6) is 0 Å². The third-order valence-electron chi connectivity index (χ3n) is 2.50. The van der Waals surface area contributed by atoms with Crippen LogP contribution in [0.15, 0.2) is 18.2 Å². The highest BCUT2D eigenvalue weighted by Crippen LogP contribution is 2.15. The number of nitrogens with zero attached hydrogens (tertiary/aromatic N) is 1. The highest BCUT2D eigenvalue weighted by molar-refractivity contribution is 7.80. The van der Waals surface area contributed by atoms with E-state index in [1.54, 1.807) is 6.07 Å². The van der Waals surface area contributed by atoms with Crippen LogP contribution in [0.1, 0.15) is 11.1 Å². The molecule has 0 bridgehead atoms. The number of primary amides is 2. The van der Waals surface area contributed by atoms with Crippen LogP contribution in [-0.4, -0.2) is 34.8 Å². The van der Waals surface area contributed by atoms with Crippen LogP contribution in [0, 0.1) is 5.82 Å². The van der Waals surface area contributed by atoms with Crippen molar-refractivity contribution >= 4 is 29.0 Å². The number of hydrogen-bond donors (Lipinski definition) is 3. The summed E-state index contributed by atoms with van der Waals surface area (Å²) in [6, 6.07) is 4.54. The maximum atomic E-state index is 14.1. The SMILES string of the molecule is NC(=O)CN(CC(N)=O)Cc1cccc(C(N)=S)c1F. The predicted molar refractivity (Wildman–Crippen MR) is 76.0 cm³/mol. The first kappa shape index (κ1) is 16.0. The number of carbonyl (C=O) groups excluding carboxylic acids is 2. The van der Waals surface area contributed by atoms with Gasteiger partial charge in [0.15, 0.2) is 0 Å². The van der Waals surface area contributed by atoms with Crippen LogP contribution in [-0.2, 0) is 16.1 Å². The molecule has 6 nitrogen and oxygen atoms in total. The highest BCUT2D eigenvalue weighted by Gasteiger charge is 2.16. The number of thiocarbonyl (C=S) groups is 1. The first-order valence-corrected chi connectivity index (χ1v) is 6.08. The number of halogens is 1. The van der Waals surface area contributed by atoms with Crippen LogP contribution >= 0.6 is 12.2 Å². The van der Waals surface area contributed by atoms with Gasteiger partial charge >= 0.3 is 0 Å². The van der Waals surface area contributed by atoms with Gasteiger partial charge in [0.1, 0.15) is 10.8 Å². The van der Waals surface area contributed by atoms with Gasteiger partial charge in [-0.1, -0.05) is 24.4 Å². The Balaban J connectivity index is 2.98. The summed E-state index contributed by atoms with van der Waals surface area (Å²) in [6.07, 6.45) is 0. The van der Waals surface area contributed by atoms with Gasteiger partial charge in [0.25, 0.3) is 0 Å². The second kappa shape index (κ2) is 6.92. The third kappa shape index (κ3) is 4.56. The Hall–Kier alpha value is -2.06. The Morgan fingerprint density at radius 1 is 1.15 bits per heavy atom. The number of rotatable bonds is 7. The quantitative estimate of drug-likeness (QED) is 0.572. The fourth-order valence-corrected chi connectivity index (χ4v) is 1.90. The molecule has 2 amide bonds. The summed E-state index contributed by atoms with van der Waals surface area (Å²) in [7, 11) is 0. The molecule has 0 spiro atoms. The molecule has 0 saturated carbocycles. The van der Waals surface area contributed by atoms with Gasteiger partial charge in [-0.05, 0) is 6.07 Å². The maximum absolute atomic E-state index is 14.1. The summed E-state index contributed by atoms with van der Waals surface area (Å²) >= 11 is 4.74. The zero-order chi connectivity index (χ0) is 15.3. The van der Waals surface area contributed by atoms with E-state index in [4.69, 9.17) is 29.4 Å². The molecule has 0 aliphatic heterocycles. The van der Waals surface area contributed by atoms with Crippen molar-refractivity contribution in [3.05, 3.63) is 35.1 Å². The summed E-state index contributed by atoms with van der Waals surface area (Å²) in [5.41, 5.74) is 15.9. The van der Waals surface area contributed by atoms with Gasteiger partial charge in [0, 0.05) is 17.7 Å². The molecule has 8 heteroatoms. The average molecular weight is 298 g/mol. The number of hydrogen-bond acceptors (Lipinski definition) is 4. The van der Waals surface area contributed by atoms with E-state index in [-0.39, 0.29) is 35.7 Å². The fraction of sp³-hybridized carbons (Fsp3) is 0.250.